The number of hydrogen-bond acceptors (Lipinski definition) is 2. The summed E-state index contributed by atoms with van der Waals surface area (Å²) in [6.45, 7) is 1.93. The second-order valence-electron chi connectivity index (χ2n) is 7.87. The summed E-state index contributed by atoms with van der Waals surface area (Å²) < 4.78 is 0. The summed E-state index contributed by atoms with van der Waals surface area (Å²) in [6.07, 6.45) is 12.4. The summed E-state index contributed by atoms with van der Waals surface area (Å²) in [5.41, 5.74) is 5.82. The van der Waals surface area contributed by atoms with Crippen LogP contribution in [-0.2, 0) is 9.59 Å². The Hall–Kier alpha value is -1.06. The van der Waals surface area contributed by atoms with E-state index in [0.29, 0.717) is 11.3 Å². The zero-order valence-electron chi connectivity index (χ0n) is 13.7. The summed E-state index contributed by atoms with van der Waals surface area (Å²) in [5, 5.41) is 0. The van der Waals surface area contributed by atoms with Crippen molar-refractivity contribution in [1.82, 2.24) is 4.90 Å². The summed E-state index contributed by atoms with van der Waals surface area (Å²) in [5.74, 6) is 0.294. The number of primary amides is 1. The van der Waals surface area contributed by atoms with Gasteiger partial charge < -0.3 is 10.6 Å². The van der Waals surface area contributed by atoms with Crippen LogP contribution in [0.4, 0.5) is 0 Å². The third kappa shape index (κ3) is 3.31. The van der Waals surface area contributed by atoms with Crippen LogP contribution in [0.5, 0.6) is 0 Å². The van der Waals surface area contributed by atoms with Gasteiger partial charge in [-0.2, -0.15) is 0 Å². The first-order chi connectivity index (χ1) is 10.6. The van der Waals surface area contributed by atoms with Gasteiger partial charge in [-0.1, -0.05) is 19.3 Å². The molecule has 1 aliphatic heterocycles. The van der Waals surface area contributed by atoms with Crippen LogP contribution in [0.15, 0.2) is 0 Å². The van der Waals surface area contributed by atoms with Crippen molar-refractivity contribution in [1.29, 1.82) is 0 Å². The number of nitrogens with zero attached hydrogens (tertiary/aromatic N) is 1. The summed E-state index contributed by atoms with van der Waals surface area (Å²) in [7, 11) is 0. The molecule has 2 amide bonds. The fourth-order valence-corrected chi connectivity index (χ4v) is 4.99. The minimum atomic E-state index is -0.190. The number of rotatable bonds is 2. The predicted molar refractivity (Wildman–Crippen MR) is 86.0 cm³/mol. The molecule has 4 nitrogen and oxygen atoms in total. The summed E-state index contributed by atoms with van der Waals surface area (Å²) in [4.78, 5) is 26.3. The zero-order chi connectivity index (χ0) is 15.6. The zero-order valence-corrected chi connectivity index (χ0v) is 13.7. The molecule has 3 fully saturated rings. The normalized spacial score (nSPS) is 31.9. The first-order valence-corrected chi connectivity index (χ1v) is 9.18. The monoisotopic (exact) mass is 306 g/mol. The molecule has 0 aromatic carbocycles. The van der Waals surface area contributed by atoms with Gasteiger partial charge in [0, 0.05) is 24.9 Å². The SMILES string of the molecule is NC(=O)C1CCC(C(=O)N2CCCC3(CCCCC3)C2)CC1. The molecule has 0 aromatic rings. The lowest BCUT2D eigenvalue weighted by Gasteiger charge is -2.46. The third-order valence-electron chi connectivity index (χ3n) is 6.37. The van der Waals surface area contributed by atoms with Crippen LogP contribution in [0, 0.1) is 17.3 Å². The van der Waals surface area contributed by atoms with Crippen molar-refractivity contribution in [3.05, 3.63) is 0 Å². The maximum absolute atomic E-state index is 12.9. The largest absolute Gasteiger partial charge is 0.369 e. The molecule has 2 aliphatic carbocycles. The number of carbonyl (C=O) groups is 2. The van der Waals surface area contributed by atoms with E-state index in [4.69, 9.17) is 5.73 Å². The van der Waals surface area contributed by atoms with Crippen LogP contribution in [-0.4, -0.2) is 29.8 Å². The predicted octanol–water partition coefficient (Wildman–Crippen LogP) is 2.85. The maximum Gasteiger partial charge on any atom is 0.225 e. The molecule has 0 radical (unpaired) electrons. The quantitative estimate of drug-likeness (QED) is 0.852. The highest BCUT2D eigenvalue weighted by Gasteiger charge is 2.40. The Morgan fingerprint density at radius 2 is 1.45 bits per heavy atom. The second kappa shape index (κ2) is 6.59. The van der Waals surface area contributed by atoms with Crippen molar-refractivity contribution in [3.8, 4) is 0 Å². The van der Waals surface area contributed by atoms with Gasteiger partial charge in [0.25, 0.3) is 0 Å². The molecule has 3 aliphatic rings. The number of hydrogen-bond donors (Lipinski definition) is 1. The van der Waals surface area contributed by atoms with E-state index in [1.54, 1.807) is 0 Å². The lowest BCUT2D eigenvalue weighted by atomic mass is 9.69. The molecule has 1 heterocycles. The lowest BCUT2D eigenvalue weighted by Crippen LogP contribution is -2.49. The summed E-state index contributed by atoms with van der Waals surface area (Å²) >= 11 is 0. The molecular formula is C18H30N2O2. The number of piperidine rings is 1. The Morgan fingerprint density at radius 1 is 0.864 bits per heavy atom. The van der Waals surface area contributed by atoms with Gasteiger partial charge in [0.05, 0.1) is 0 Å². The fourth-order valence-electron chi connectivity index (χ4n) is 4.99. The van der Waals surface area contributed by atoms with E-state index in [1.165, 1.54) is 44.9 Å². The highest BCUT2D eigenvalue weighted by atomic mass is 16.2. The van der Waals surface area contributed by atoms with E-state index in [2.05, 4.69) is 4.90 Å². The first kappa shape index (κ1) is 15.8. The number of likely N-dealkylation sites (tertiary alicyclic amines) is 1. The Labute approximate surface area is 133 Å². The molecule has 0 atom stereocenters. The van der Waals surface area contributed by atoms with Crippen LogP contribution < -0.4 is 5.73 Å². The number of carbonyl (C=O) groups excluding carboxylic acids is 2. The highest BCUT2D eigenvalue weighted by Crippen LogP contribution is 2.43. The fraction of sp³-hybridized carbons (Fsp3) is 0.889. The Morgan fingerprint density at radius 3 is 2.09 bits per heavy atom. The van der Waals surface area contributed by atoms with Crippen molar-refractivity contribution in [2.45, 2.75) is 70.6 Å². The average molecular weight is 306 g/mol. The minimum absolute atomic E-state index is 0.00454. The molecule has 0 bridgehead atoms. The molecule has 2 saturated carbocycles. The van der Waals surface area contributed by atoms with Crippen LogP contribution >= 0.6 is 0 Å². The van der Waals surface area contributed by atoms with Gasteiger partial charge in [-0.25, -0.2) is 0 Å². The lowest BCUT2D eigenvalue weighted by molar-refractivity contribution is -0.142. The Kier molecular flexibility index (Phi) is 4.74. The van der Waals surface area contributed by atoms with Gasteiger partial charge in [0.1, 0.15) is 0 Å². The number of nitrogens with two attached hydrogens (primary N) is 1. The number of amides is 2. The summed E-state index contributed by atoms with van der Waals surface area (Å²) in [6, 6.07) is 0. The Bertz CT molecular complexity index is 415. The van der Waals surface area contributed by atoms with Crippen molar-refractivity contribution >= 4 is 11.8 Å². The van der Waals surface area contributed by atoms with Gasteiger partial charge in [-0.05, 0) is 56.8 Å². The van der Waals surface area contributed by atoms with E-state index in [-0.39, 0.29) is 17.7 Å². The topological polar surface area (TPSA) is 63.4 Å². The van der Waals surface area contributed by atoms with Gasteiger partial charge >= 0.3 is 0 Å². The molecule has 4 heteroatoms. The molecule has 3 rings (SSSR count). The van der Waals surface area contributed by atoms with Crippen molar-refractivity contribution in [3.63, 3.8) is 0 Å². The van der Waals surface area contributed by atoms with Crippen LogP contribution in [0.3, 0.4) is 0 Å². The molecular weight excluding hydrogens is 276 g/mol. The van der Waals surface area contributed by atoms with Crippen molar-refractivity contribution in [2.24, 2.45) is 23.0 Å². The van der Waals surface area contributed by atoms with Crippen molar-refractivity contribution in [2.75, 3.05) is 13.1 Å². The molecule has 1 spiro atoms. The van der Waals surface area contributed by atoms with Gasteiger partial charge in [0.2, 0.25) is 11.8 Å². The second-order valence-corrected chi connectivity index (χ2v) is 7.87. The molecule has 1 saturated heterocycles. The van der Waals surface area contributed by atoms with E-state index < -0.39 is 0 Å². The molecule has 0 unspecified atom stereocenters. The third-order valence-corrected chi connectivity index (χ3v) is 6.37. The minimum Gasteiger partial charge on any atom is -0.369 e. The molecule has 22 heavy (non-hydrogen) atoms. The van der Waals surface area contributed by atoms with Crippen LogP contribution in [0.25, 0.3) is 0 Å². The van der Waals surface area contributed by atoms with Gasteiger partial charge in [0.15, 0.2) is 0 Å². The first-order valence-electron chi connectivity index (χ1n) is 9.18. The highest BCUT2D eigenvalue weighted by molar-refractivity contribution is 5.80. The smallest absolute Gasteiger partial charge is 0.225 e. The van der Waals surface area contributed by atoms with Crippen LogP contribution in [0.1, 0.15) is 70.6 Å². The van der Waals surface area contributed by atoms with E-state index >= 15 is 0 Å². The van der Waals surface area contributed by atoms with Gasteiger partial charge in [-0.3, -0.25) is 9.59 Å². The molecule has 124 valence electrons. The average Bonchev–Trinajstić information content (AvgIpc) is 2.55. The van der Waals surface area contributed by atoms with Crippen LogP contribution in [0.2, 0.25) is 0 Å². The van der Waals surface area contributed by atoms with Crippen molar-refractivity contribution < 1.29 is 9.59 Å². The molecule has 2 N–H and O–H groups in total. The maximum atomic E-state index is 12.9. The van der Waals surface area contributed by atoms with Gasteiger partial charge in [-0.15, -0.1) is 0 Å². The van der Waals surface area contributed by atoms with E-state index in [1.807, 2.05) is 0 Å². The Balaban J connectivity index is 1.57. The molecule has 0 aromatic heterocycles. The van der Waals surface area contributed by atoms with E-state index in [0.717, 1.165) is 38.8 Å². The standard InChI is InChI=1S/C18H30N2O2/c19-16(21)14-5-7-15(8-6-14)17(22)20-12-4-11-18(13-20)9-2-1-3-10-18/h14-15H,1-13H2,(H2,19,21). The van der Waals surface area contributed by atoms with E-state index in [9.17, 15) is 9.59 Å².